The van der Waals surface area contributed by atoms with E-state index in [9.17, 15) is 4.79 Å². The highest BCUT2D eigenvalue weighted by atomic mass is 32.1. The molecule has 0 spiro atoms. The van der Waals surface area contributed by atoms with Gasteiger partial charge in [-0.15, -0.1) is 0 Å². The zero-order valence-electron chi connectivity index (χ0n) is 9.40. The van der Waals surface area contributed by atoms with Crippen LogP contribution in [0.1, 0.15) is 6.92 Å². The molecule has 1 amide bonds. The average Bonchev–Trinajstić information content (AvgIpc) is 2.69. The molecule has 0 aliphatic carbocycles. The van der Waals surface area contributed by atoms with Gasteiger partial charge in [0.1, 0.15) is 5.75 Å². The molecule has 6 heteroatoms. The molecule has 5 nitrogen and oxygen atoms in total. The molecule has 17 heavy (non-hydrogen) atoms. The Morgan fingerprint density at radius 3 is 3.12 bits per heavy atom. The van der Waals surface area contributed by atoms with Crippen LogP contribution in [0.3, 0.4) is 0 Å². The third-order valence-corrected chi connectivity index (χ3v) is 3.06. The summed E-state index contributed by atoms with van der Waals surface area (Å²) in [6.07, 6.45) is 0. The summed E-state index contributed by atoms with van der Waals surface area (Å²) in [6.45, 7) is 2.67. The molecule has 2 aromatic rings. The lowest BCUT2D eigenvalue weighted by molar-refractivity contribution is -0.116. The Hall–Kier alpha value is -1.82. The molecule has 0 aliphatic heterocycles. The van der Waals surface area contributed by atoms with Gasteiger partial charge in [-0.05, 0) is 25.1 Å². The SMILES string of the molecule is CCOc1ccc2nc(NCC(N)=O)sc2c1. The number of nitrogens with two attached hydrogens (primary N) is 1. The number of carbonyl (C=O) groups is 1. The van der Waals surface area contributed by atoms with Crippen LogP contribution >= 0.6 is 11.3 Å². The molecular formula is C11H13N3O2S. The van der Waals surface area contributed by atoms with E-state index in [1.54, 1.807) is 0 Å². The molecule has 1 aromatic carbocycles. The lowest BCUT2D eigenvalue weighted by Gasteiger charge is -2.00. The van der Waals surface area contributed by atoms with E-state index >= 15 is 0 Å². The molecule has 1 aromatic heterocycles. The number of ether oxygens (including phenoxy) is 1. The van der Waals surface area contributed by atoms with Gasteiger partial charge in [0.25, 0.3) is 0 Å². The van der Waals surface area contributed by atoms with Crippen LogP contribution in [-0.4, -0.2) is 24.0 Å². The molecule has 0 radical (unpaired) electrons. The van der Waals surface area contributed by atoms with E-state index < -0.39 is 5.91 Å². The molecule has 0 saturated carbocycles. The monoisotopic (exact) mass is 251 g/mol. The standard InChI is InChI=1S/C11H13N3O2S/c1-2-16-7-3-4-8-9(5-7)17-11(14-8)13-6-10(12)15/h3-5H,2,6H2,1H3,(H2,12,15)(H,13,14). The lowest BCUT2D eigenvalue weighted by Crippen LogP contribution is -2.21. The van der Waals surface area contributed by atoms with Gasteiger partial charge in [-0.1, -0.05) is 11.3 Å². The molecule has 90 valence electrons. The molecule has 0 unspecified atom stereocenters. The van der Waals surface area contributed by atoms with E-state index in [1.165, 1.54) is 11.3 Å². The van der Waals surface area contributed by atoms with E-state index in [4.69, 9.17) is 10.5 Å². The number of nitrogens with one attached hydrogen (secondary N) is 1. The fraction of sp³-hybridized carbons (Fsp3) is 0.273. The summed E-state index contributed by atoms with van der Waals surface area (Å²) in [7, 11) is 0. The highest BCUT2D eigenvalue weighted by Crippen LogP contribution is 2.29. The number of hydrogen-bond donors (Lipinski definition) is 2. The second-order valence-electron chi connectivity index (χ2n) is 3.40. The predicted molar refractivity (Wildman–Crippen MR) is 68.5 cm³/mol. The van der Waals surface area contributed by atoms with Crippen molar-refractivity contribution in [1.82, 2.24) is 4.98 Å². The van der Waals surface area contributed by atoms with E-state index in [2.05, 4.69) is 10.3 Å². The Morgan fingerprint density at radius 2 is 2.41 bits per heavy atom. The third-order valence-electron chi connectivity index (χ3n) is 2.08. The summed E-state index contributed by atoms with van der Waals surface area (Å²) in [4.78, 5) is 15.0. The van der Waals surface area contributed by atoms with Gasteiger partial charge >= 0.3 is 0 Å². The predicted octanol–water partition coefficient (Wildman–Crippen LogP) is 1.59. The number of benzene rings is 1. The van der Waals surface area contributed by atoms with E-state index in [-0.39, 0.29) is 6.54 Å². The summed E-state index contributed by atoms with van der Waals surface area (Å²) in [6, 6.07) is 5.71. The number of nitrogens with zero attached hydrogens (tertiary/aromatic N) is 1. The van der Waals surface area contributed by atoms with Crippen molar-refractivity contribution < 1.29 is 9.53 Å². The van der Waals surface area contributed by atoms with Gasteiger partial charge < -0.3 is 15.8 Å². The fourth-order valence-corrected chi connectivity index (χ4v) is 2.29. The number of hydrogen-bond acceptors (Lipinski definition) is 5. The topological polar surface area (TPSA) is 77.2 Å². The molecule has 0 atom stereocenters. The first-order valence-electron chi connectivity index (χ1n) is 5.24. The summed E-state index contributed by atoms with van der Waals surface area (Å²) < 4.78 is 6.42. The van der Waals surface area contributed by atoms with Crippen molar-refractivity contribution in [3.63, 3.8) is 0 Å². The van der Waals surface area contributed by atoms with E-state index in [0.29, 0.717) is 11.7 Å². The fourth-order valence-electron chi connectivity index (χ4n) is 1.40. The van der Waals surface area contributed by atoms with E-state index in [0.717, 1.165) is 16.0 Å². The summed E-state index contributed by atoms with van der Waals surface area (Å²) in [5.41, 5.74) is 5.93. The van der Waals surface area contributed by atoms with Gasteiger partial charge in [-0.25, -0.2) is 4.98 Å². The second kappa shape index (κ2) is 5.01. The zero-order chi connectivity index (χ0) is 12.3. The number of thiazole rings is 1. The molecule has 0 fully saturated rings. The number of fused-ring (bicyclic) bond motifs is 1. The minimum absolute atomic E-state index is 0.0954. The molecule has 2 rings (SSSR count). The van der Waals surface area contributed by atoms with Crippen LogP contribution in [0, 0.1) is 0 Å². The van der Waals surface area contributed by atoms with Gasteiger partial charge in [0.15, 0.2) is 5.13 Å². The minimum atomic E-state index is -0.403. The van der Waals surface area contributed by atoms with Gasteiger partial charge in [-0.3, -0.25) is 4.79 Å². The quantitative estimate of drug-likeness (QED) is 0.846. The molecule has 1 heterocycles. The number of aromatic nitrogens is 1. The maximum absolute atomic E-state index is 10.6. The Bertz CT molecular complexity index is 538. The second-order valence-corrected chi connectivity index (χ2v) is 4.43. The van der Waals surface area contributed by atoms with Crippen molar-refractivity contribution in [2.24, 2.45) is 5.73 Å². The van der Waals surface area contributed by atoms with Gasteiger partial charge in [0.05, 0.1) is 23.4 Å². The number of rotatable bonds is 5. The van der Waals surface area contributed by atoms with Crippen LogP contribution in [0.15, 0.2) is 18.2 Å². The molecular weight excluding hydrogens is 238 g/mol. The number of amides is 1. The number of primary amides is 1. The van der Waals surface area contributed by atoms with Crippen LogP contribution in [-0.2, 0) is 4.79 Å². The summed E-state index contributed by atoms with van der Waals surface area (Å²) in [5, 5.41) is 3.56. The molecule has 0 saturated heterocycles. The first-order valence-corrected chi connectivity index (χ1v) is 6.06. The van der Waals surface area contributed by atoms with Crippen molar-refractivity contribution in [3.05, 3.63) is 18.2 Å². The lowest BCUT2D eigenvalue weighted by atomic mass is 10.3. The Labute approximate surface area is 103 Å². The Morgan fingerprint density at radius 1 is 1.59 bits per heavy atom. The van der Waals surface area contributed by atoms with Crippen LogP contribution in [0.2, 0.25) is 0 Å². The van der Waals surface area contributed by atoms with E-state index in [1.807, 2.05) is 25.1 Å². The largest absolute Gasteiger partial charge is 0.494 e. The van der Waals surface area contributed by atoms with Crippen molar-refractivity contribution in [2.45, 2.75) is 6.92 Å². The van der Waals surface area contributed by atoms with Gasteiger partial charge in [0.2, 0.25) is 5.91 Å². The normalized spacial score (nSPS) is 10.4. The number of carbonyl (C=O) groups excluding carboxylic acids is 1. The Balaban J connectivity index is 2.21. The van der Waals surface area contributed by atoms with Crippen LogP contribution in [0.5, 0.6) is 5.75 Å². The first-order chi connectivity index (χ1) is 8.19. The maximum atomic E-state index is 10.6. The first kappa shape index (κ1) is 11.7. The molecule has 0 bridgehead atoms. The Kier molecular flexibility index (Phi) is 3.43. The highest BCUT2D eigenvalue weighted by molar-refractivity contribution is 7.22. The average molecular weight is 251 g/mol. The van der Waals surface area contributed by atoms with Crippen molar-refractivity contribution in [2.75, 3.05) is 18.5 Å². The maximum Gasteiger partial charge on any atom is 0.236 e. The van der Waals surface area contributed by atoms with Crippen LogP contribution in [0.25, 0.3) is 10.2 Å². The molecule has 0 aliphatic rings. The van der Waals surface area contributed by atoms with Gasteiger partial charge in [-0.2, -0.15) is 0 Å². The third kappa shape index (κ3) is 2.85. The van der Waals surface area contributed by atoms with Crippen molar-refractivity contribution >= 4 is 32.6 Å². The minimum Gasteiger partial charge on any atom is -0.494 e. The van der Waals surface area contributed by atoms with Crippen molar-refractivity contribution in [3.8, 4) is 5.75 Å². The highest BCUT2D eigenvalue weighted by Gasteiger charge is 2.05. The molecule has 3 N–H and O–H groups in total. The van der Waals surface area contributed by atoms with Gasteiger partial charge in [0, 0.05) is 0 Å². The van der Waals surface area contributed by atoms with Crippen LogP contribution in [0.4, 0.5) is 5.13 Å². The number of anilines is 1. The van der Waals surface area contributed by atoms with Crippen LogP contribution < -0.4 is 15.8 Å². The summed E-state index contributed by atoms with van der Waals surface area (Å²) >= 11 is 1.47. The zero-order valence-corrected chi connectivity index (χ0v) is 10.2. The van der Waals surface area contributed by atoms with Crippen molar-refractivity contribution in [1.29, 1.82) is 0 Å². The summed E-state index contributed by atoms with van der Waals surface area (Å²) in [5.74, 6) is 0.421. The smallest absolute Gasteiger partial charge is 0.236 e.